The molecule has 0 radical (unpaired) electrons. The van der Waals surface area contributed by atoms with E-state index >= 15 is 0 Å². The van der Waals surface area contributed by atoms with Gasteiger partial charge >= 0.3 is 5.97 Å². The maximum atomic E-state index is 10.8. The summed E-state index contributed by atoms with van der Waals surface area (Å²) >= 11 is 0. The van der Waals surface area contributed by atoms with E-state index in [0.29, 0.717) is 12.6 Å². The number of aromatic carboxylic acids is 1. The molecule has 2 rings (SSSR count). The summed E-state index contributed by atoms with van der Waals surface area (Å²) in [6, 6.07) is 5.60. The van der Waals surface area contributed by atoms with Crippen LogP contribution in [-0.2, 0) is 6.54 Å². The average molecular weight is 248 g/mol. The summed E-state index contributed by atoms with van der Waals surface area (Å²) in [5.41, 5.74) is 0.905. The Kier molecular flexibility index (Phi) is 4.31. The zero-order chi connectivity index (χ0) is 13.0. The molecule has 1 aromatic heterocycles. The first-order valence-electron chi connectivity index (χ1n) is 6.59. The zero-order valence-electron chi connectivity index (χ0n) is 10.7. The molecule has 0 unspecified atom stereocenters. The first-order valence-corrected chi connectivity index (χ1v) is 6.59. The summed E-state index contributed by atoms with van der Waals surface area (Å²) in [6.07, 6.45) is 5.28. The molecule has 1 heterocycles. The molecule has 98 valence electrons. The lowest BCUT2D eigenvalue weighted by Gasteiger charge is -2.20. The van der Waals surface area contributed by atoms with Gasteiger partial charge < -0.3 is 10.4 Å². The molecule has 1 saturated carbocycles. The Morgan fingerprint density at radius 3 is 2.89 bits per heavy atom. The molecule has 0 saturated heterocycles. The number of pyridine rings is 1. The predicted octanol–water partition coefficient (Wildman–Crippen LogP) is 2.45. The van der Waals surface area contributed by atoms with E-state index in [1.54, 1.807) is 6.07 Å². The number of hydrogen-bond donors (Lipinski definition) is 2. The minimum absolute atomic E-state index is 0.114. The van der Waals surface area contributed by atoms with Crippen LogP contribution >= 0.6 is 0 Å². The van der Waals surface area contributed by atoms with Crippen molar-refractivity contribution in [2.45, 2.75) is 45.2 Å². The first kappa shape index (κ1) is 13.0. The van der Waals surface area contributed by atoms with E-state index in [1.807, 2.05) is 6.07 Å². The van der Waals surface area contributed by atoms with Crippen LogP contribution < -0.4 is 5.32 Å². The van der Waals surface area contributed by atoms with Crippen LogP contribution in [0.5, 0.6) is 0 Å². The molecule has 2 N–H and O–H groups in total. The van der Waals surface area contributed by atoms with Gasteiger partial charge in [0.15, 0.2) is 0 Å². The highest BCUT2D eigenvalue weighted by molar-refractivity contribution is 5.85. The van der Waals surface area contributed by atoms with Gasteiger partial charge in [0.2, 0.25) is 0 Å². The van der Waals surface area contributed by atoms with Crippen molar-refractivity contribution in [2.75, 3.05) is 0 Å². The van der Waals surface area contributed by atoms with Gasteiger partial charge in [0.25, 0.3) is 0 Å². The lowest BCUT2D eigenvalue weighted by molar-refractivity contribution is 0.0690. The van der Waals surface area contributed by atoms with E-state index in [4.69, 9.17) is 5.11 Å². The van der Waals surface area contributed by atoms with Crippen LogP contribution in [0.3, 0.4) is 0 Å². The molecule has 4 heteroatoms. The van der Waals surface area contributed by atoms with Gasteiger partial charge in [-0.15, -0.1) is 0 Å². The van der Waals surface area contributed by atoms with E-state index in [2.05, 4.69) is 17.2 Å². The standard InChI is InChI=1S/C14H20N2O2/c1-10(11-5-2-3-6-11)15-9-12-7-4-8-13(16-12)14(17)18/h4,7-8,10-11,15H,2-3,5-6,9H2,1H3,(H,17,18)/t10-/m1/s1. The third kappa shape index (κ3) is 3.29. The van der Waals surface area contributed by atoms with Crippen LogP contribution in [0, 0.1) is 5.92 Å². The van der Waals surface area contributed by atoms with Crippen molar-refractivity contribution >= 4 is 5.97 Å². The summed E-state index contributed by atoms with van der Waals surface area (Å²) in [6.45, 7) is 2.84. The van der Waals surface area contributed by atoms with Crippen molar-refractivity contribution in [3.63, 3.8) is 0 Å². The molecule has 1 aliphatic rings. The molecule has 0 aliphatic heterocycles. The Bertz CT molecular complexity index is 414. The number of nitrogens with one attached hydrogen (secondary N) is 1. The smallest absolute Gasteiger partial charge is 0.354 e. The van der Waals surface area contributed by atoms with Crippen LogP contribution in [0.1, 0.15) is 48.8 Å². The van der Waals surface area contributed by atoms with Gasteiger partial charge in [0.1, 0.15) is 5.69 Å². The van der Waals surface area contributed by atoms with E-state index in [0.717, 1.165) is 11.6 Å². The molecular formula is C14H20N2O2. The van der Waals surface area contributed by atoms with Crippen molar-refractivity contribution < 1.29 is 9.90 Å². The first-order chi connectivity index (χ1) is 8.66. The molecular weight excluding hydrogens is 228 g/mol. The summed E-state index contributed by atoms with van der Waals surface area (Å²) in [5.74, 6) is -0.214. The number of hydrogen-bond acceptors (Lipinski definition) is 3. The fourth-order valence-electron chi connectivity index (χ4n) is 2.59. The van der Waals surface area contributed by atoms with Gasteiger partial charge in [-0.25, -0.2) is 9.78 Å². The summed E-state index contributed by atoms with van der Waals surface area (Å²) in [5, 5.41) is 12.3. The van der Waals surface area contributed by atoms with Crippen LogP contribution in [-0.4, -0.2) is 22.1 Å². The second kappa shape index (κ2) is 5.96. The van der Waals surface area contributed by atoms with Crippen molar-refractivity contribution in [1.82, 2.24) is 10.3 Å². The predicted molar refractivity (Wildman–Crippen MR) is 69.5 cm³/mol. The van der Waals surface area contributed by atoms with Crippen molar-refractivity contribution in [3.05, 3.63) is 29.6 Å². The van der Waals surface area contributed by atoms with Gasteiger partial charge in [-0.05, 0) is 37.8 Å². The van der Waals surface area contributed by atoms with Crippen molar-refractivity contribution in [3.8, 4) is 0 Å². The summed E-state index contributed by atoms with van der Waals surface area (Å²) in [7, 11) is 0. The highest BCUT2D eigenvalue weighted by atomic mass is 16.4. The third-order valence-corrected chi connectivity index (χ3v) is 3.74. The highest BCUT2D eigenvalue weighted by Crippen LogP contribution is 2.27. The Balaban J connectivity index is 1.89. The zero-order valence-corrected chi connectivity index (χ0v) is 10.7. The molecule has 0 amide bonds. The monoisotopic (exact) mass is 248 g/mol. The summed E-state index contributed by atoms with van der Waals surface area (Å²) in [4.78, 5) is 14.9. The summed E-state index contributed by atoms with van der Waals surface area (Å²) < 4.78 is 0. The fraction of sp³-hybridized carbons (Fsp3) is 0.571. The lowest BCUT2D eigenvalue weighted by Crippen LogP contribution is -2.32. The largest absolute Gasteiger partial charge is 0.477 e. The minimum atomic E-state index is -0.972. The van der Waals surface area contributed by atoms with Gasteiger partial charge in [-0.3, -0.25) is 0 Å². The fourth-order valence-corrected chi connectivity index (χ4v) is 2.59. The Hall–Kier alpha value is -1.42. The van der Waals surface area contributed by atoms with Gasteiger partial charge in [-0.2, -0.15) is 0 Å². The SMILES string of the molecule is C[C@@H](NCc1cccc(C(=O)O)n1)C1CCCC1. The molecule has 1 aromatic rings. The average Bonchev–Trinajstić information content (AvgIpc) is 2.90. The highest BCUT2D eigenvalue weighted by Gasteiger charge is 2.20. The topological polar surface area (TPSA) is 62.2 Å². The second-order valence-electron chi connectivity index (χ2n) is 5.03. The third-order valence-electron chi connectivity index (χ3n) is 3.74. The Morgan fingerprint density at radius 1 is 1.50 bits per heavy atom. The van der Waals surface area contributed by atoms with Crippen LogP contribution in [0.2, 0.25) is 0 Å². The van der Waals surface area contributed by atoms with E-state index in [9.17, 15) is 4.79 Å². The van der Waals surface area contributed by atoms with Gasteiger partial charge in [-0.1, -0.05) is 18.9 Å². The molecule has 1 aliphatic carbocycles. The normalized spacial score (nSPS) is 17.8. The number of rotatable bonds is 5. The molecule has 0 spiro atoms. The van der Waals surface area contributed by atoms with Crippen LogP contribution in [0.4, 0.5) is 0 Å². The second-order valence-corrected chi connectivity index (χ2v) is 5.03. The molecule has 0 bridgehead atoms. The number of carboxylic acid groups (broad SMARTS) is 1. The molecule has 4 nitrogen and oxygen atoms in total. The van der Waals surface area contributed by atoms with Crippen LogP contribution in [0.15, 0.2) is 18.2 Å². The van der Waals surface area contributed by atoms with Gasteiger partial charge in [0.05, 0.1) is 5.69 Å². The van der Waals surface area contributed by atoms with E-state index < -0.39 is 5.97 Å². The minimum Gasteiger partial charge on any atom is -0.477 e. The number of carbonyl (C=O) groups is 1. The number of aromatic nitrogens is 1. The Morgan fingerprint density at radius 2 is 2.22 bits per heavy atom. The van der Waals surface area contributed by atoms with Crippen LogP contribution in [0.25, 0.3) is 0 Å². The van der Waals surface area contributed by atoms with E-state index in [1.165, 1.54) is 31.7 Å². The van der Waals surface area contributed by atoms with E-state index in [-0.39, 0.29) is 5.69 Å². The lowest BCUT2D eigenvalue weighted by atomic mass is 10.00. The molecule has 1 atom stereocenters. The van der Waals surface area contributed by atoms with Crippen molar-refractivity contribution in [1.29, 1.82) is 0 Å². The number of carboxylic acids is 1. The Labute approximate surface area is 107 Å². The molecule has 0 aromatic carbocycles. The molecule has 18 heavy (non-hydrogen) atoms. The quantitative estimate of drug-likeness (QED) is 0.840. The maximum Gasteiger partial charge on any atom is 0.354 e. The number of nitrogens with zero attached hydrogens (tertiary/aromatic N) is 1. The maximum absolute atomic E-state index is 10.8. The van der Waals surface area contributed by atoms with Crippen molar-refractivity contribution in [2.24, 2.45) is 5.92 Å². The molecule has 1 fully saturated rings. The van der Waals surface area contributed by atoms with Gasteiger partial charge in [0, 0.05) is 12.6 Å².